The Hall–Kier alpha value is -2.62. The van der Waals surface area contributed by atoms with Crippen LogP contribution in [0.4, 0.5) is 0 Å². The van der Waals surface area contributed by atoms with Crippen LogP contribution >= 0.6 is 0 Å². The summed E-state index contributed by atoms with van der Waals surface area (Å²) in [7, 11) is 0. The molecular formula is C25H34N4. The van der Waals surface area contributed by atoms with Crippen molar-refractivity contribution in [2.45, 2.75) is 52.4 Å². The van der Waals surface area contributed by atoms with E-state index in [1.165, 1.54) is 32.1 Å². The van der Waals surface area contributed by atoms with Crippen molar-refractivity contribution in [3.8, 4) is 0 Å². The van der Waals surface area contributed by atoms with Crippen LogP contribution in [0.5, 0.6) is 0 Å². The quantitative estimate of drug-likeness (QED) is 0.671. The highest BCUT2D eigenvalue weighted by molar-refractivity contribution is 6.01. The van der Waals surface area contributed by atoms with Crippen LogP contribution in [0, 0.1) is 18.3 Å². The number of nitrogens with zero attached hydrogens (tertiary/aromatic N) is 2. The third-order valence-electron chi connectivity index (χ3n) is 5.75. The van der Waals surface area contributed by atoms with Crippen LogP contribution in [0.2, 0.25) is 0 Å². The lowest BCUT2D eigenvalue weighted by Gasteiger charge is -2.32. The van der Waals surface area contributed by atoms with Crippen molar-refractivity contribution in [1.82, 2.24) is 15.2 Å². The van der Waals surface area contributed by atoms with Crippen molar-refractivity contribution in [2.24, 2.45) is 5.92 Å². The Morgan fingerprint density at radius 2 is 2.03 bits per heavy atom. The van der Waals surface area contributed by atoms with E-state index in [9.17, 15) is 0 Å². The molecule has 0 aromatic carbocycles. The van der Waals surface area contributed by atoms with Crippen LogP contribution in [0.1, 0.15) is 50.3 Å². The number of nitrogens with one attached hydrogen (secondary N) is 2. The standard InChI is InChI=1S/C25H34N4/c1-19-11-12-24(25(26)17-23-13-14-27-20(2)16-23)10-7-15-29(21(3)28-19)18-22-8-5-4-6-9-22/h7,10-14,16,22,26,28H,3-6,8-9,15,17-18H2,1-2H3/b10-7+,19-11+,24-12+,26-25?. The first-order valence-electron chi connectivity index (χ1n) is 10.8. The number of hydrogen-bond acceptors (Lipinski definition) is 4. The van der Waals surface area contributed by atoms with E-state index in [1.807, 2.05) is 31.3 Å². The van der Waals surface area contributed by atoms with Gasteiger partial charge in [0.15, 0.2) is 0 Å². The van der Waals surface area contributed by atoms with Crippen molar-refractivity contribution < 1.29 is 0 Å². The van der Waals surface area contributed by atoms with Crippen LogP contribution in [0.15, 0.2) is 66.3 Å². The van der Waals surface area contributed by atoms with Gasteiger partial charge in [-0.25, -0.2) is 0 Å². The number of hydrogen-bond donors (Lipinski definition) is 2. The maximum Gasteiger partial charge on any atom is 0.0983 e. The first-order valence-corrected chi connectivity index (χ1v) is 10.8. The molecule has 0 bridgehead atoms. The molecule has 0 unspecified atom stereocenters. The zero-order valence-corrected chi connectivity index (χ0v) is 17.9. The molecule has 3 rings (SSSR count). The van der Waals surface area contributed by atoms with Crippen molar-refractivity contribution in [3.05, 3.63) is 77.6 Å². The van der Waals surface area contributed by atoms with Crippen molar-refractivity contribution in [1.29, 1.82) is 5.41 Å². The average molecular weight is 391 g/mol. The van der Waals surface area contributed by atoms with Gasteiger partial charge < -0.3 is 15.6 Å². The Labute approximate surface area is 175 Å². The van der Waals surface area contributed by atoms with Crippen LogP contribution in [-0.2, 0) is 6.42 Å². The number of rotatable bonds is 5. The van der Waals surface area contributed by atoms with E-state index >= 15 is 0 Å². The summed E-state index contributed by atoms with van der Waals surface area (Å²) in [5.41, 5.74) is 4.73. The molecule has 154 valence electrons. The monoisotopic (exact) mass is 390 g/mol. The highest BCUT2D eigenvalue weighted by atomic mass is 15.2. The minimum absolute atomic E-state index is 0.609. The summed E-state index contributed by atoms with van der Waals surface area (Å²) in [4.78, 5) is 6.60. The molecule has 2 N–H and O–H groups in total. The van der Waals surface area contributed by atoms with Crippen molar-refractivity contribution >= 4 is 5.71 Å². The fourth-order valence-corrected chi connectivity index (χ4v) is 4.12. The third kappa shape index (κ3) is 6.45. The fraction of sp³-hybridized carbons (Fsp3) is 0.440. The second kappa shape index (κ2) is 10.2. The summed E-state index contributed by atoms with van der Waals surface area (Å²) in [6.07, 6.45) is 17.5. The third-order valence-corrected chi connectivity index (χ3v) is 5.75. The van der Waals surface area contributed by atoms with Gasteiger partial charge in [0, 0.05) is 42.8 Å². The summed E-state index contributed by atoms with van der Waals surface area (Å²) >= 11 is 0. The zero-order valence-electron chi connectivity index (χ0n) is 17.9. The lowest BCUT2D eigenvalue weighted by Crippen LogP contribution is -2.35. The Morgan fingerprint density at radius 1 is 1.24 bits per heavy atom. The smallest absolute Gasteiger partial charge is 0.0983 e. The maximum absolute atomic E-state index is 8.63. The van der Waals surface area contributed by atoms with Gasteiger partial charge in [0.1, 0.15) is 0 Å². The van der Waals surface area contributed by atoms with E-state index in [4.69, 9.17) is 5.41 Å². The molecule has 1 aliphatic carbocycles. The predicted octanol–water partition coefficient (Wildman–Crippen LogP) is 5.30. The summed E-state index contributed by atoms with van der Waals surface area (Å²) in [5.74, 6) is 1.72. The largest absolute Gasteiger partial charge is 0.355 e. The first-order chi connectivity index (χ1) is 14.0. The Morgan fingerprint density at radius 3 is 2.79 bits per heavy atom. The van der Waals surface area contributed by atoms with Gasteiger partial charge >= 0.3 is 0 Å². The molecule has 1 fully saturated rings. The summed E-state index contributed by atoms with van der Waals surface area (Å²) < 4.78 is 0. The fourth-order valence-electron chi connectivity index (χ4n) is 4.12. The van der Waals surface area contributed by atoms with E-state index in [2.05, 4.69) is 46.9 Å². The number of aromatic nitrogens is 1. The molecule has 1 aromatic rings. The van der Waals surface area contributed by atoms with E-state index < -0.39 is 0 Å². The van der Waals surface area contributed by atoms with E-state index in [-0.39, 0.29) is 0 Å². The van der Waals surface area contributed by atoms with Gasteiger partial charge in [-0.05, 0) is 62.0 Å². The van der Waals surface area contributed by atoms with Gasteiger partial charge in [-0.2, -0.15) is 0 Å². The average Bonchev–Trinajstić information content (AvgIpc) is 2.70. The van der Waals surface area contributed by atoms with Gasteiger partial charge in [0.2, 0.25) is 0 Å². The molecule has 1 saturated carbocycles. The molecule has 0 radical (unpaired) electrons. The van der Waals surface area contributed by atoms with Crippen LogP contribution in [-0.4, -0.2) is 28.7 Å². The molecule has 2 heterocycles. The number of allylic oxidation sites excluding steroid dienone is 5. The molecule has 29 heavy (non-hydrogen) atoms. The van der Waals surface area contributed by atoms with Crippen molar-refractivity contribution in [2.75, 3.05) is 13.1 Å². The summed E-state index contributed by atoms with van der Waals surface area (Å²) in [6.45, 7) is 10.2. The Balaban J connectivity index is 1.72. The molecule has 1 aromatic heterocycles. The minimum atomic E-state index is 0.609. The molecule has 0 saturated heterocycles. The summed E-state index contributed by atoms with van der Waals surface area (Å²) in [6, 6.07) is 4.04. The van der Waals surface area contributed by atoms with Gasteiger partial charge in [0.05, 0.1) is 5.82 Å². The molecule has 4 heteroatoms. The Bertz CT molecular complexity index is 825. The van der Waals surface area contributed by atoms with Gasteiger partial charge in [0.25, 0.3) is 0 Å². The second-order valence-corrected chi connectivity index (χ2v) is 8.32. The zero-order chi connectivity index (χ0) is 20.6. The number of aryl methyl sites for hydroxylation is 1. The van der Waals surface area contributed by atoms with Crippen LogP contribution in [0.25, 0.3) is 0 Å². The predicted molar refractivity (Wildman–Crippen MR) is 122 cm³/mol. The summed E-state index contributed by atoms with van der Waals surface area (Å²) in [5, 5.41) is 12.1. The minimum Gasteiger partial charge on any atom is -0.355 e. The SMILES string of the molecule is C=C1N/C(C)=C/C=C(C(=N)Cc2ccnc(C)c2)\C=C\CN1CC1CCCCC1. The molecule has 0 atom stereocenters. The lowest BCUT2D eigenvalue weighted by atomic mass is 9.89. The molecule has 0 spiro atoms. The van der Waals surface area contributed by atoms with Crippen molar-refractivity contribution in [3.63, 3.8) is 0 Å². The first kappa shape index (κ1) is 21.1. The molecule has 0 amide bonds. The highest BCUT2D eigenvalue weighted by Crippen LogP contribution is 2.25. The molecule has 1 aliphatic heterocycles. The maximum atomic E-state index is 8.63. The number of pyridine rings is 1. The highest BCUT2D eigenvalue weighted by Gasteiger charge is 2.18. The van der Waals surface area contributed by atoms with Gasteiger partial charge in [-0.3, -0.25) is 4.98 Å². The van der Waals surface area contributed by atoms with Crippen LogP contribution < -0.4 is 5.32 Å². The van der Waals surface area contributed by atoms with Gasteiger partial charge in [-0.1, -0.05) is 44.1 Å². The normalized spacial score (nSPS) is 23.4. The second-order valence-electron chi connectivity index (χ2n) is 8.32. The lowest BCUT2D eigenvalue weighted by molar-refractivity contribution is 0.247. The Kier molecular flexibility index (Phi) is 7.45. The van der Waals surface area contributed by atoms with E-state index in [1.54, 1.807) is 0 Å². The topological polar surface area (TPSA) is 52.0 Å². The van der Waals surface area contributed by atoms with E-state index in [0.29, 0.717) is 12.1 Å². The molecule has 2 aliphatic rings. The molecule has 4 nitrogen and oxygen atoms in total. The van der Waals surface area contributed by atoms with E-state index in [0.717, 1.165) is 47.4 Å². The van der Waals surface area contributed by atoms with Gasteiger partial charge in [-0.15, -0.1) is 0 Å². The van der Waals surface area contributed by atoms with Crippen LogP contribution in [0.3, 0.4) is 0 Å². The molecular weight excluding hydrogens is 356 g/mol.